The molecule has 0 heterocycles. The van der Waals surface area contributed by atoms with E-state index in [0.717, 1.165) is 5.56 Å². The summed E-state index contributed by atoms with van der Waals surface area (Å²) >= 11 is 0. The largest absolute Gasteiger partial charge is 0.369 e. The van der Waals surface area contributed by atoms with E-state index in [9.17, 15) is 10.1 Å². The molecule has 0 aliphatic rings. The molecule has 4 nitrogen and oxygen atoms in total. The predicted octanol–water partition coefficient (Wildman–Crippen LogP) is 2.34. The standard InChI is InChI=1S/C11H12N2O2/c1-3-4-7-12-10-8-9(2)5-6-11(10)13(14)15/h5-6,8,12H,7H2,1-2H3. The zero-order valence-electron chi connectivity index (χ0n) is 8.70. The lowest BCUT2D eigenvalue weighted by Crippen LogP contribution is -2.02. The fourth-order valence-corrected chi connectivity index (χ4v) is 1.18. The minimum atomic E-state index is -0.402. The third-order valence-electron chi connectivity index (χ3n) is 1.89. The molecule has 1 aromatic carbocycles. The zero-order valence-corrected chi connectivity index (χ0v) is 8.70. The first-order chi connectivity index (χ1) is 7.15. The van der Waals surface area contributed by atoms with Crippen molar-refractivity contribution in [3.05, 3.63) is 33.9 Å². The summed E-state index contributed by atoms with van der Waals surface area (Å²) in [4.78, 5) is 10.3. The van der Waals surface area contributed by atoms with E-state index in [1.54, 1.807) is 19.1 Å². The molecule has 0 atom stereocenters. The van der Waals surface area contributed by atoms with Gasteiger partial charge in [0.05, 0.1) is 11.5 Å². The number of nitrogens with one attached hydrogen (secondary N) is 1. The molecule has 0 saturated carbocycles. The Kier molecular flexibility index (Phi) is 3.69. The normalized spacial score (nSPS) is 8.93. The van der Waals surface area contributed by atoms with Gasteiger partial charge < -0.3 is 5.32 Å². The van der Waals surface area contributed by atoms with E-state index in [0.29, 0.717) is 12.2 Å². The second-order valence-corrected chi connectivity index (χ2v) is 3.06. The topological polar surface area (TPSA) is 55.2 Å². The Bertz CT molecular complexity index is 430. The first-order valence-electron chi connectivity index (χ1n) is 4.53. The van der Waals surface area contributed by atoms with Crippen LogP contribution in [-0.4, -0.2) is 11.5 Å². The second kappa shape index (κ2) is 5.01. The molecule has 0 fully saturated rings. The van der Waals surface area contributed by atoms with Crippen molar-refractivity contribution in [2.24, 2.45) is 0 Å². The lowest BCUT2D eigenvalue weighted by atomic mass is 10.2. The van der Waals surface area contributed by atoms with Crippen molar-refractivity contribution in [2.45, 2.75) is 13.8 Å². The first-order valence-corrected chi connectivity index (χ1v) is 4.53. The second-order valence-electron chi connectivity index (χ2n) is 3.06. The van der Waals surface area contributed by atoms with Gasteiger partial charge in [-0.25, -0.2) is 0 Å². The van der Waals surface area contributed by atoms with Gasteiger partial charge in [-0.3, -0.25) is 10.1 Å². The Labute approximate surface area is 88.5 Å². The molecule has 0 unspecified atom stereocenters. The van der Waals surface area contributed by atoms with E-state index in [4.69, 9.17) is 0 Å². The van der Waals surface area contributed by atoms with E-state index >= 15 is 0 Å². The third-order valence-corrected chi connectivity index (χ3v) is 1.89. The van der Waals surface area contributed by atoms with Crippen LogP contribution in [-0.2, 0) is 0 Å². The summed E-state index contributed by atoms with van der Waals surface area (Å²) < 4.78 is 0. The molecule has 1 rings (SSSR count). The van der Waals surface area contributed by atoms with Crippen LogP contribution in [0.25, 0.3) is 0 Å². The first kappa shape index (κ1) is 11.1. The van der Waals surface area contributed by atoms with Crippen LogP contribution in [0.1, 0.15) is 12.5 Å². The maximum atomic E-state index is 10.7. The van der Waals surface area contributed by atoms with Crippen LogP contribution in [0, 0.1) is 28.9 Å². The van der Waals surface area contributed by atoms with Gasteiger partial charge >= 0.3 is 0 Å². The minimum absolute atomic E-state index is 0.0819. The lowest BCUT2D eigenvalue weighted by molar-refractivity contribution is -0.384. The predicted molar refractivity (Wildman–Crippen MR) is 59.8 cm³/mol. The number of hydrogen-bond acceptors (Lipinski definition) is 3. The maximum Gasteiger partial charge on any atom is 0.292 e. The molecule has 0 saturated heterocycles. The van der Waals surface area contributed by atoms with Crippen LogP contribution in [0.2, 0.25) is 0 Å². The molecule has 15 heavy (non-hydrogen) atoms. The molecule has 4 heteroatoms. The van der Waals surface area contributed by atoms with Crippen molar-refractivity contribution < 1.29 is 4.92 Å². The number of anilines is 1. The summed E-state index contributed by atoms with van der Waals surface area (Å²) in [5.41, 5.74) is 1.58. The summed E-state index contributed by atoms with van der Waals surface area (Å²) in [6, 6.07) is 4.96. The monoisotopic (exact) mass is 204 g/mol. The lowest BCUT2D eigenvalue weighted by Gasteiger charge is -2.04. The van der Waals surface area contributed by atoms with Gasteiger partial charge in [0.1, 0.15) is 5.69 Å². The van der Waals surface area contributed by atoms with Crippen LogP contribution in [0.3, 0.4) is 0 Å². The molecule has 1 N–H and O–H groups in total. The van der Waals surface area contributed by atoms with Gasteiger partial charge in [0, 0.05) is 6.07 Å². The molecule has 1 aromatic rings. The highest BCUT2D eigenvalue weighted by atomic mass is 16.6. The van der Waals surface area contributed by atoms with Gasteiger partial charge in [-0.15, -0.1) is 5.92 Å². The molecule has 0 aliphatic carbocycles. The van der Waals surface area contributed by atoms with Crippen molar-refractivity contribution in [2.75, 3.05) is 11.9 Å². The zero-order chi connectivity index (χ0) is 11.3. The van der Waals surface area contributed by atoms with Crippen LogP contribution in [0.5, 0.6) is 0 Å². The molecule has 0 aromatic heterocycles. The SMILES string of the molecule is CC#CCNc1cc(C)ccc1[N+](=O)[O-]. The number of aryl methyl sites for hydroxylation is 1. The summed E-state index contributed by atoms with van der Waals surface area (Å²) in [6.07, 6.45) is 0. The van der Waals surface area contributed by atoms with Gasteiger partial charge in [0.25, 0.3) is 5.69 Å². The average molecular weight is 204 g/mol. The van der Waals surface area contributed by atoms with Gasteiger partial charge in [-0.2, -0.15) is 0 Å². The van der Waals surface area contributed by atoms with Gasteiger partial charge in [-0.1, -0.05) is 12.0 Å². The summed E-state index contributed by atoms with van der Waals surface area (Å²) in [7, 11) is 0. The fraction of sp³-hybridized carbons (Fsp3) is 0.273. The molecule has 0 aliphatic heterocycles. The average Bonchev–Trinajstić information content (AvgIpc) is 2.18. The number of hydrogen-bond donors (Lipinski definition) is 1. The molecule has 0 spiro atoms. The maximum absolute atomic E-state index is 10.7. The van der Waals surface area contributed by atoms with Crippen LogP contribution in [0.4, 0.5) is 11.4 Å². The highest BCUT2D eigenvalue weighted by molar-refractivity contribution is 5.63. The molecule has 78 valence electrons. The van der Waals surface area contributed by atoms with Gasteiger partial charge in [0.2, 0.25) is 0 Å². The summed E-state index contributed by atoms with van der Waals surface area (Å²) in [5, 5.41) is 13.6. The highest BCUT2D eigenvalue weighted by Gasteiger charge is 2.11. The van der Waals surface area contributed by atoms with Crippen LogP contribution in [0.15, 0.2) is 18.2 Å². The third kappa shape index (κ3) is 2.99. The number of rotatable bonds is 3. The Morgan fingerprint density at radius 3 is 2.87 bits per heavy atom. The summed E-state index contributed by atoms with van der Waals surface area (Å²) in [5.74, 6) is 5.52. The van der Waals surface area contributed by atoms with Crippen molar-refractivity contribution in [3.63, 3.8) is 0 Å². The number of nitro benzene ring substituents is 1. The minimum Gasteiger partial charge on any atom is -0.369 e. The molecule has 0 radical (unpaired) electrons. The number of benzene rings is 1. The van der Waals surface area contributed by atoms with Gasteiger partial charge in [-0.05, 0) is 25.5 Å². The van der Waals surface area contributed by atoms with Crippen molar-refractivity contribution in [3.8, 4) is 11.8 Å². The summed E-state index contributed by atoms with van der Waals surface area (Å²) in [6.45, 7) is 4.04. The van der Waals surface area contributed by atoms with Crippen molar-refractivity contribution >= 4 is 11.4 Å². The quantitative estimate of drug-likeness (QED) is 0.467. The van der Waals surface area contributed by atoms with E-state index < -0.39 is 4.92 Å². The Morgan fingerprint density at radius 2 is 2.27 bits per heavy atom. The van der Waals surface area contributed by atoms with E-state index in [-0.39, 0.29) is 5.69 Å². The fourth-order valence-electron chi connectivity index (χ4n) is 1.18. The van der Waals surface area contributed by atoms with E-state index in [1.807, 2.05) is 6.92 Å². The molecule has 0 bridgehead atoms. The molecule has 0 amide bonds. The Hall–Kier alpha value is -2.02. The van der Waals surface area contributed by atoms with Crippen molar-refractivity contribution in [1.29, 1.82) is 0 Å². The molecular weight excluding hydrogens is 192 g/mol. The number of nitro groups is 1. The van der Waals surface area contributed by atoms with Gasteiger partial charge in [0.15, 0.2) is 0 Å². The Morgan fingerprint density at radius 1 is 1.53 bits per heavy atom. The number of nitrogens with zero attached hydrogens (tertiary/aromatic N) is 1. The van der Waals surface area contributed by atoms with E-state index in [1.165, 1.54) is 6.07 Å². The smallest absolute Gasteiger partial charge is 0.292 e. The van der Waals surface area contributed by atoms with Crippen molar-refractivity contribution in [1.82, 2.24) is 0 Å². The van der Waals surface area contributed by atoms with Crippen LogP contribution >= 0.6 is 0 Å². The van der Waals surface area contributed by atoms with Crippen LogP contribution < -0.4 is 5.32 Å². The highest BCUT2D eigenvalue weighted by Crippen LogP contribution is 2.24. The molecular formula is C11H12N2O2. The van der Waals surface area contributed by atoms with E-state index in [2.05, 4.69) is 17.2 Å². The Balaban J connectivity index is 2.95.